The number of ether oxygens (including phenoxy) is 1. The Labute approximate surface area is 196 Å². The first kappa shape index (κ1) is 25.0. The van der Waals surface area contributed by atoms with Crippen molar-refractivity contribution in [3.8, 4) is 5.75 Å². The molecule has 0 bridgehead atoms. The van der Waals surface area contributed by atoms with E-state index >= 15 is 0 Å². The van der Waals surface area contributed by atoms with Gasteiger partial charge in [0.1, 0.15) is 11.4 Å². The third-order valence-electron chi connectivity index (χ3n) is 5.39. The summed E-state index contributed by atoms with van der Waals surface area (Å²) in [5, 5.41) is 6.89. The number of piperidine rings is 1. The molecule has 0 spiro atoms. The van der Waals surface area contributed by atoms with Gasteiger partial charge in [0.2, 0.25) is 15.9 Å². The summed E-state index contributed by atoms with van der Waals surface area (Å²) < 4.78 is 39.3. The van der Waals surface area contributed by atoms with Crippen LogP contribution in [0, 0.1) is 12.8 Å². The second-order valence-corrected chi connectivity index (χ2v) is 11.1. The van der Waals surface area contributed by atoms with Crippen LogP contribution in [-0.4, -0.2) is 49.0 Å². The second kappa shape index (κ2) is 10.1. The number of amides is 1. The first-order valence-corrected chi connectivity index (χ1v) is 12.7. The van der Waals surface area contributed by atoms with Gasteiger partial charge in [0, 0.05) is 30.1 Å². The molecular formula is C24H33N3O5S. The van der Waals surface area contributed by atoms with Gasteiger partial charge in [-0.3, -0.25) is 4.79 Å². The Morgan fingerprint density at radius 2 is 1.91 bits per heavy atom. The quantitative estimate of drug-likeness (QED) is 0.652. The number of aryl methyl sites for hydroxylation is 1. The lowest BCUT2D eigenvalue weighted by molar-refractivity contribution is -0.127. The standard InChI is InChI=1S/C24H33N3O5S/c1-6-31-20-10-8-7-9-18(20)11-12-21-22(17(2)26-32-21)33(29,30)27-15-13-19(14-16-27)23(28)25-24(3,4)5/h7-12,19H,6,13-16H2,1-5H3,(H,25,28)/b12-11+. The van der Waals surface area contributed by atoms with Crippen molar-refractivity contribution in [2.75, 3.05) is 19.7 Å². The van der Waals surface area contributed by atoms with E-state index in [9.17, 15) is 13.2 Å². The summed E-state index contributed by atoms with van der Waals surface area (Å²) in [4.78, 5) is 12.5. The number of carbonyl (C=O) groups is 1. The lowest BCUT2D eigenvalue weighted by atomic mass is 9.96. The first-order valence-electron chi connectivity index (χ1n) is 11.2. The van der Waals surface area contributed by atoms with Crippen molar-refractivity contribution in [1.82, 2.24) is 14.8 Å². The Morgan fingerprint density at radius 1 is 1.24 bits per heavy atom. The van der Waals surface area contributed by atoms with Crippen molar-refractivity contribution in [2.24, 2.45) is 5.92 Å². The summed E-state index contributed by atoms with van der Waals surface area (Å²) in [7, 11) is -3.83. The van der Waals surface area contributed by atoms with E-state index in [1.807, 2.05) is 52.0 Å². The summed E-state index contributed by atoms with van der Waals surface area (Å²) in [5.74, 6) is 0.643. The minimum Gasteiger partial charge on any atom is -0.493 e. The Bertz CT molecular complexity index is 1110. The summed E-state index contributed by atoms with van der Waals surface area (Å²) in [5.41, 5.74) is 0.796. The van der Waals surface area contributed by atoms with Gasteiger partial charge in [-0.1, -0.05) is 23.4 Å². The second-order valence-electron chi connectivity index (χ2n) is 9.18. The molecule has 1 aliphatic heterocycles. The third-order valence-corrected chi connectivity index (χ3v) is 7.44. The highest BCUT2D eigenvalue weighted by molar-refractivity contribution is 7.89. The average Bonchev–Trinajstić information content (AvgIpc) is 3.13. The van der Waals surface area contributed by atoms with Gasteiger partial charge < -0.3 is 14.6 Å². The molecule has 1 amide bonds. The van der Waals surface area contributed by atoms with E-state index in [1.165, 1.54) is 4.31 Å². The number of carbonyl (C=O) groups excluding carboxylic acids is 1. The lowest BCUT2D eigenvalue weighted by Crippen LogP contribution is -2.47. The number of para-hydroxylation sites is 1. The molecule has 8 nitrogen and oxygen atoms in total. The van der Waals surface area contributed by atoms with Gasteiger partial charge in [0.15, 0.2) is 10.7 Å². The van der Waals surface area contributed by atoms with Crippen LogP contribution in [0.2, 0.25) is 0 Å². The average molecular weight is 476 g/mol. The molecule has 0 radical (unpaired) electrons. The fraction of sp³-hybridized carbons (Fsp3) is 0.500. The highest BCUT2D eigenvalue weighted by atomic mass is 32.2. The van der Waals surface area contributed by atoms with Crippen LogP contribution in [0.3, 0.4) is 0 Å². The summed E-state index contributed by atoms with van der Waals surface area (Å²) in [6.45, 7) is 10.4. The molecule has 2 aromatic rings. The number of hydrogen-bond donors (Lipinski definition) is 1. The normalized spacial score (nSPS) is 16.3. The minimum absolute atomic E-state index is 0.0303. The van der Waals surface area contributed by atoms with Crippen molar-refractivity contribution in [1.29, 1.82) is 0 Å². The molecule has 1 saturated heterocycles. The third kappa shape index (κ3) is 6.03. The van der Waals surface area contributed by atoms with E-state index in [-0.39, 0.29) is 41.1 Å². The number of rotatable bonds is 7. The molecule has 1 fully saturated rings. The number of aromatic nitrogens is 1. The molecule has 2 heterocycles. The predicted octanol–water partition coefficient (Wildman–Crippen LogP) is 3.87. The largest absolute Gasteiger partial charge is 0.493 e. The van der Waals surface area contributed by atoms with Gasteiger partial charge in [-0.2, -0.15) is 4.31 Å². The Kier molecular flexibility index (Phi) is 7.64. The number of hydrogen-bond acceptors (Lipinski definition) is 6. The zero-order valence-corrected chi connectivity index (χ0v) is 20.7. The fourth-order valence-corrected chi connectivity index (χ4v) is 5.55. The molecule has 0 aliphatic carbocycles. The predicted molar refractivity (Wildman–Crippen MR) is 127 cm³/mol. The topological polar surface area (TPSA) is 102 Å². The van der Waals surface area contributed by atoms with Gasteiger partial charge in [0.25, 0.3) is 0 Å². The van der Waals surface area contributed by atoms with Crippen LogP contribution >= 0.6 is 0 Å². The van der Waals surface area contributed by atoms with Gasteiger partial charge in [-0.25, -0.2) is 8.42 Å². The number of benzene rings is 1. The molecule has 1 aliphatic rings. The Morgan fingerprint density at radius 3 is 2.55 bits per heavy atom. The molecular weight excluding hydrogens is 442 g/mol. The fourth-order valence-electron chi connectivity index (χ4n) is 3.83. The van der Waals surface area contributed by atoms with Gasteiger partial charge in [-0.15, -0.1) is 0 Å². The number of nitrogens with one attached hydrogen (secondary N) is 1. The minimum atomic E-state index is -3.83. The lowest BCUT2D eigenvalue weighted by Gasteiger charge is -2.32. The molecule has 1 aromatic heterocycles. The zero-order valence-electron chi connectivity index (χ0n) is 19.9. The maximum absolute atomic E-state index is 13.4. The van der Waals surface area contributed by atoms with Crippen molar-refractivity contribution in [3.63, 3.8) is 0 Å². The van der Waals surface area contributed by atoms with Crippen molar-refractivity contribution < 1.29 is 22.5 Å². The SMILES string of the molecule is CCOc1ccccc1/C=C/c1onc(C)c1S(=O)(=O)N1CCC(C(=O)NC(C)(C)C)CC1. The summed E-state index contributed by atoms with van der Waals surface area (Å²) >= 11 is 0. The molecule has 1 aromatic carbocycles. The molecule has 1 N–H and O–H groups in total. The maximum atomic E-state index is 13.4. The van der Waals surface area contributed by atoms with Gasteiger partial charge >= 0.3 is 0 Å². The molecule has 33 heavy (non-hydrogen) atoms. The Hall–Kier alpha value is -2.65. The zero-order chi connectivity index (χ0) is 24.2. The summed E-state index contributed by atoms with van der Waals surface area (Å²) in [6.07, 6.45) is 4.30. The number of sulfonamides is 1. The van der Waals surface area contributed by atoms with E-state index < -0.39 is 10.0 Å². The summed E-state index contributed by atoms with van der Waals surface area (Å²) in [6, 6.07) is 7.49. The van der Waals surface area contributed by atoms with Gasteiger partial charge in [0.05, 0.1) is 6.61 Å². The van der Waals surface area contributed by atoms with Gasteiger partial charge in [-0.05, 0) is 65.7 Å². The van der Waals surface area contributed by atoms with E-state index in [4.69, 9.17) is 9.26 Å². The smallest absolute Gasteiger partial charge is 0.248 e. The van der Waals surface area contributed by atoms with E-state index in [0.29, 0.717) is 30.9 Å². The van der Waals surface area contributed by atoms with E-state index in [1.54, 1.807) is 19.1 Å². The van der Waals surface area contributed by atoms with E-state index in [0.717, 1.165) is 5.56 Å². The van der Waals surface area contributed by atoms with Crippen LogP contribution in [0.5, 0.6) is 5.75 Å². The van der Waals surface area contributed by atoms with E-state index in [2.05, 4.69) is 10.5 Å². The maximum Gasteiger partial charge on any atom is 0.248 e. The monoisotopic (exact) mass is 475 g/mol. The van der Waals surface area contributed by atoms with Crippen molar-refractivity contribution in [3.05, 3.63) is 41.3 Å². The van der Waals surface area contributed by atoms with Crippen LogP contribution in [0.1, 0.15) is 57.6 Å². The molecule has 0 unspecified atom stereocenters. The Balaban J connectivity index is 1.78. The first-order chi connectivity index (χ1) is 15.5. The van der Waals surface area contributed by atoms with Crippen molar-refractivity contribution >= 4 is 28.1 Å². The van der Waals surface area contributed by atoms with Crippen molar-refractivity contribution in [2.45, 2.75) is 57.9 Å². The van der Waals surface area contributed by atoms with Crippen LogP contribution in [-0.2, 0) is 14.8 Å². The highest BCUT2D eigenvalue weighted by Crippen LogP contribution is 2.30. The molecule has 0 saturated carbocycles. The highest BCUT2D eigenvalue weighted by Gasteiger charge is 2.36. The van der Waals surface area contributed by atoms with Crippen LogP contribution in [0.15, 0.2) is 33.7 Å². The van der Waals surface area contributed by atoms with Crippen LogP contribution < -0.4 is 10.1 Å². The van der Waals surface area contributed by atoms with Crippen LogP contribution in [0.25, 0.3) is 12.2 Å². The molecule has 0 atom stereocenters. The molecule has 180 valence electrons. The molecule has 3 rings (SSSR count). The number of nitrogens with zero attached hydrogens (tertiary/aromatic N) is 2. The van der Waals surface area contributed by atoms with Crippen LogP contribution in [0.4, 0.5) is 0 Å². The molecule has 9 heteroatoms.